The number of carbonyl (C=O) groups is 2. The summed E-state index contributed by atoms with van der Waals surface area (Å²) in [7, 11) is 1.37. The highest BCUT2D eigenvalue weighted by Gasteiger charge is 2.51. The van der Waals surface area contributed by atoms with Crippen LogP contribution in [0.2, 0.25) is 0 Å². The fourth-order valence-corrected chi connectivity index (χ4v) is 3.89. The molecular weight excluding hydrogens is 312 g/mol. The number of hydrogen-bond acceptors (Lipinski definition) is 6. The minimum atomic E-state index is -0.342. The molecule has 1 aromatic rings. The zero-order valence-corrected chi connectivity index (χ0v) is 13.9. The van der Waals surface area contributed by atoms with Gasteiger partial charge in [-0.3, -0.25) is 9.59 Å². The van der Waals surface area contributed by atoms with Crippen molar-refractivity contribution >= 4 is 11.9 Å². The number of methoxy groups -OCH3 is 1. The third-order valence-corrected chi connectivity index (χ3v) is 4.91. The van der Waals surface area contributed by atoms with Gasteiger partial charge >= 0.3 is 11.9 Å². The maximum absolute atomic E-state index is 11.4. The molecule has 1 heterocycles. The van der Waals surface area contributed by atoms with Crippen LogP contribution in [0.15, 0.2) is 18.2 Å². The Hall–Kier alpha value is -2.08. The predicted molar refractivity (Wildman–Crippen MR) is 84.7 cm³/mol. The molecule has 0 saturated heterocycles. The van der Waals surface area contributed by atoms with Crippen LogP contribution in [0, 0.1) is 5.92 Å². The van der Waals surface area contributed by atoms with Crippen molar-refractivity contribution in [1.82, 2.24) is 0 Å². The number of ether oxygens (including phenoxy) is 3. The molecule has 1 saturated carbocycles. The van der Waals surface area contributed by atoms with Crippen molar-refractivity contribution in [2.75, 3.05) is 13.7 Å². The van der Waals surface area contributed by atoms with Crippen LogP contribution in [-0.4, -0.2) is 43.0 Å². The largest absolute Gasteiger partial charge is 0.489 e. The van der Waals surface area contributed by atoms with Gasteiger partial charge in [0.25, 0.3) is 0 Å². The number of para-hydroxylation sites is 1. The van der Waals surface area contributed by atoms with Gasteiger partial charge in [0, 0.05) is 37.2 Å². The summed E-state index contributed by atoms with van der Waals surface area (Å²) in [5, 5.41) is 9.79. The number of aliphatic hydroxyl groups is 1. The molecule has 0 amide bonds. The second kappa shape index (κ2) is 6.81. The van der Waals surface area contributed by atoms with Crippen LogP contribution in [0.3, 0.4) is 0 Å². The topological polar surface area (TPSA) is 82.1 Å². The van der Waals surface area contributed by atoms with Crippen LogP contribution in [0.1, 0.15) is 36.8 Å². The van der Waals surface area contributed by atoms with E-state index in [2.05, 4.69) is 0 Å². The van der Waals surface area contributed by atoms with E-state index in [1.165, 1.54) is 14.0 Å². The van der Waals surface area contributed by atoms with Crippen molar-refractivity contribution in [2.45, 2.75) is 44.3 Å². The summed E-state index contributed by atoms with van der Waals surface area (Å²) in [6.07, 6.45) is 0.980. The second-order valence-electron chi connectivity index (χ2n) is 6.32. The number of fused-ring (bicyclic) bond motifs is 3. The molecule has 6 nitrogen and oxygen atoms in total. The average Bonchev–Trinajstić information content (AvgIpc) is 3.07. The lowest BCUT2D eigenvalue weighted by molar-refractivity contribution is -0.149. The maximum atomic E-state index is 11.4. The first-order valence-electron chi connectivity index (χ1n) is 8.18. The number of hydrogen-bond donors (Lipinski definition) is 1. The fraction of sp³-hybridized carbons (Fsp3) is 0.556. The van der Waals surface area contributed by atoms with Gasteiger partial charge in [0.1, 0.15) is 18.0 Å². The van der Waals surface area contributed by atoms with E-state index in [0.29, 0.717) is 19.3 Å². The molecule has 1 aliphatic heterocycles. The van der Waals surface area contributed by atoms with E-state index in [-0.39, 0.29) is 42.6 Å². The normalized spacial score (nSPS) is 27.1. The van der Waals surface area contributed by atoms with Gasteiger partial charge in [0.2, 0.25) is 0 Å². The van der Waals surface area contributed by atoms with E-state index in [1.807, 2.05) is 18.2 Å². The molecule has 2 aliphatic rings. The molecule has 1 aromatic carbocycles. The lowest BCUT2D eigenvalue weighted by atomic mass is 9.87. The van der Waals surface area contributed by atoms with E-state index in [0.717, 1.165) is 16.9 Å². The Morgan fingerprint density at radius 2 is 2.17 bits per heavy atom. The second-order valence-corrected chi connectivity index (χ2v) is 6.32. The first kappa shape index (κ1) is 16.8. The van der Waals surface area contributed by atoms with E-state index in [9.17, 15) is 14.7 Å². The van der Waals surface area contributed by atoms with Gasteiger partial charge < -0.3 is 19.3 Å². The van der Waals surface area contributed by atoms with Gasteiger partial charge in [-0.15, -0.1) is 0 Å². The Balaban J connectivity index is 1.83. The molecule has 4 atom stereocenters. The van der Waals surface area contributed by atoms with Crippen molar-refractivity contribution < 1.29 is 28.9 Å². The summed E-state index contributed by atoms with van der Waals surface area (Å²) in [6.45, 7) is 1.32. The zero-order chi connectivity index (χ0) is 17.3. The Kier molecular flexibility index (Phi) is 4.76. The standard InChI is InChI=1S/C18H22O6/c1-10(20)23-14-8-15-17(13(14)9-19)12-5-3-4-11(18(12)24-15)6-7-16(21)22-2/h3-5,13-15,17,19H,6-9H2,1-2H3/t13-,14+,15?,17?/m0/s1. The number of aliphatic hydroxyl groups excluding tert-OH is 1. The highest BCUT2D eigenvalue weighted by Crippen LogP contribution is 2.52. The molecule has 3 rings (SSSR count). The highest BCUT2D eigenvalue weighted by atomic mass is 16.6. The van der Waals surface area contributed by atoms with Gasteiger partial charge in [-0.25, -0.2) is 0 Å². The van der Waals surface area contributed by atoms with E-state index in [1.54, 1.807) is 0 Å². The van der Waals surface area contributed by atoms with Crippen LogP contribution in [-0.2, 0) is 25.5 Å². The molecular formula is C18H22O6. The predicted octanol–water partition coefficient (Wildman–Crippen LogP) is 1.58. The molecule has 1 N–H and O–H groups in total. The lowest BCUT2D eigenvalue weighted by Gasteiger charge is -2.21. The van der Waals surface area contributed by atoms with Crippen LogP contribution in [0.5, 0.6) is 5.75 Å². The molecule has 1 aliphatic carbocycles. The molecule has 0 spiro atoms. The van der Waals surface area contributed by atoms with Crippen LogP contribution in [0.4, 0.5) is 0 Å². The lowest BCUT2D eigenvalue weighted by Crippen LogP contribution is -2.26. The van der Waals surface area contributed by atoms with Gasteiger partial charge in [0.05, 0.1) is 13.7 Å². The van der Waals surface area contributed by atoms with Crippen LogP contribution < -0.4 is 4.74 Å². The number of rotatable bonds is 5. The summed E-state index contributed by atoms with van der Waals surface area (Å²) < 4.78 is 16.2. The van der Waals surface area contributed by atoms with E-state index >= 15 is 0 Å². The molecule has 2 unspecified atom stereocenters. The van der Waals surface area contributed by atoms with Gasteiger partial charge in [0.15, 0.2) is 0 Å². The fourth-order valence-electron chi connectivity index (χ4n) is 3.89. The average molecular weight is 334 g/mol. The molecule has 0 aromatic heterocycles. The van der Waals surface area contributed by atoms with Crippen molar-refractivity contribution in [3.8, 4) is 5.75 Å². The Morgan fingerprint density at radius 1 is 1.38 bits per heavy atom. The Morgan fingerprint density at radius 3 is 2.83 bits per heavy atom. The summed E-state index contributed by atoms with van der Waals surface area (Å²) in [5.74, 6) is 0.0407. The maximum Gasteiger partial charge on any atom is 0.305 e. The molecule has 0 bridgehead atoms. The summed E-state index contributed by atoms with van der Waals surface area (Å²) in [5.41, 5.74) is 1.99. The monoisotopic (exact) mass is 334 g/mol. The van der Waals surface area contributed by atoms with Gasteiger partial charge in [-0.1, -0.05) is 18.2 Å². The summed E-state index contributed by atoms with van der Waals surface area (Å²) in [4.78, 5) is 22.7. The first-order valence-corrected chi connectivity index (χ1v) is 8.18. The Bertz CT molecular complexity index is 640. The first-order chi connectivity index (χ1) is 11.5. The molecule has 1 fully saturated rings. The number of esters is 2. The SMILES string of the molecule is COC(=O)CCc1cccc2c1OC1C[C@@H](OC(C)=O)[C@H](CO)C21. The van der Waals surface area contributed by atoms with Crippen molar-refractivity contribution in [1.29, 1.82) is 0 Å². The smallest absolute Gasteiger partial charge is 0.305 e. The van der Waals surface area contributed by atoms with Gasteiger partial charge in [-0.05, 0) is 12.0 Å². The van der Waals surface area contributed by atoms with Gasteiger partial charge in [-0.2, -0.15) is 0 Å². The van der Waals surface area contributed by atoms with Crippen molar-refractivity contribution in [3.05, 3.63) is 29.3 Å². The Labute approximate surface area is 140 Å². The molecule has 24 heavy (non-hydrogen) atoms. The summed E-state index contributed by atoms with van der Waals surface area (Å²) in [6, 6.07) is 5.87. The van der Waals surface area contributed by atoms with Crippen molar-refractivity contribution in [3.63, 3.8) is 0 Å². The number of carbonyl (C=O) groups excluding carboxylic acids is 2. The highest BCUT2D eigenvalue weighted by molar-refractivity contribution is 5.69. The number of aryl methyl sites for hydroxylation is 1. The minimum Gasteiger partial charge on any atom is -0.489 e. The van der Waals surface area contributed by atoms with Crippen LogP contribution >= 0.6 is 0 Å². The van der Waals surface area contributed by atoms with E-state index < -0.39 is 0 Å². The number of benzene rings is 1. The quantitative estimate of drug-likeness (QED) is 0.823. The molecule has 6 heteroatoms. The van der Waals surface area contributed by atoms with Crippen molar-refractivity contribution in [2.24, 2.45) is 5.92 Å². The zero-order valence-electron chi connectivity index (χ0n) is 13.9. The molecule has 0 radical (unpaired) electrons. The molecule has 130 valence electrons. The third kappa shape index (κ3) is 2.98. The third-order valence-electron chi connectivity index (χ3n) is 4.91. The van der Waals surface area contributed by atoms with Crippen LogP contribution in [0.25, 0.3) is 0 Å². The summed E-state index contributed by atoms with van der Waals surface area (Å²) >= 11 is 0. The minimum absolute atomic E-state index is 0.00688. The van der Waals surface area contributed by atoms with E-state index in [4.69, 9.17) is 14.2 Å².